The molecule has 0 saturated carbocycles. The number of benzene rings is 3. The number of nitrogens with zero attached hydrogens (tertiary/aromatic N) is 2. The van der Waals surface area contributed by atoms with Crippen LogP contribution in [0.4, 0.5) is 4.39 Å². The van der Waals surface area contributed by atoms with E-state index in [9.17, 15) is 14.3 Å². The molecule has 178 valence electrons. The first-order chi connectivity index (χ1) is 16.7. The topological polar surface area (TPSA) is 55.8 Å². The summed E-state index contributed by atoms with van der Waals surface area (Å²) in [4.78, 5) is 17.6. The Morgan fingerprint density at radius 3 is 1.88 bits per heavy atom. The average Bonchev–Trinajstić information content (AvgIpc) is 2.89. The SMILES string of the molecule is O=C(NCc1ccc(F)cc1)C(CCO)N1CCN(C(c2ccccc2)c2ccccc2)CC1. The maximum absolute atomic E-state index is 13.1. The van der Waals surface area contributed by atoms with Gasteiger partial charge in [0.05, 0.1) is 12.1 Å². The maximum atomic E-state index is 13.1. The maximum Gasteiger partial charge on any atom is 0.237 e. The van der Waals surface area contributed by atoms with Crippen LogP contribution in [0.1, 0.15) is 29.2 Å². The van der Waals surface area contributed by atoms with E-state index in [0.29, 0.717) is 13.0 Å². The number of hydrogen-bond acceptors (Lipinski definition) is 4. The molecule has 1 heterocycles. The standard InChI is InChI=1S/C28H32FN3O2/c29-25-13-11-22(12-14-25)21-30-28(34)26(15-20-33)31-16-18-32(19-17-31)27(23-7-3-1-4-8-23)24-9-5-2-6-10-24/h1-14,26-27,33H,15-21H2,(H,30,34). The molecule has 3 aromatic rings. The van der Waals surface area contributed by atoms with Crippen LogP contribution in [0.15, 0.2) is 84.9 Å². The first-order valence-electron chi connectivity index (χ1n) is 11.9. The van der Waals surface area contributed by atoms with Crippen molar-refractivity contribution in [2.24, 2.45) is 0 Å². The summed E-state index contributed by atoms with van der Waals surface area (Å²) in [6.07, 6.45) is 0.385. The van der Waals surface area contributed by atoms with E-state index in [1.165, 1.54) is 23.3 Å². The molecule has 0 aliphatic carbocycles. The van der Waals surface area contributed by atoms with Crippen LogP contribution >= 0.6 is 0 Å². The van der Waals surface area contributed by atoms with E-state index in [1.807, 2.05) is 12.1 Å². The van der Waals surface area contributed by atoms with Crippen LogP contribution in [0.5, 0.6) is 0 Å². The molecule has 2 N–H and O–H groups in total. The third-order valence-corrected chi connectivity index (χ3v) is 6.47. The molecule has 1 aliphatic rings. The smallest absolute Gasteiger partial charge is 0.237 e. The minimum Gasteiger partial charge on any atom is -0.396 e. The van der Waals surface area contributed by atoms with Crippen molar-refractivity contribution in [2.75, 3.05) is 32.8 Å². The van der Waals surface area contributed by atoms with Crippen molar-refractivity contribution in [1.29, 1.82) is 0 Å². The molecule has 5 nitrogen and oxygen atoms in total. The number of carbonyl (C=O) groups is 1. The van der Waals surface area contributed by atoms with E-state index < -0.39 is 0 Å². The first-order valence-corrected chi connectivity index (χ1v) is 11.9. The summed E-state index contributed by atoms with van der Waals surface area (Å²) >= 11 is 0. The summed E-state index contributed by atoms with van der Waals surface area (Å²) in [6, 6.07) is 26.9. The predicted molar refractivity (Wildman–Crippen MR) is 132 cm³/mol. The third-order valence-electron chi connectivity index (χ3n) is 6.47. The molecule has 0 aromatic heterocycles. The van der Waals surface area contributed by atoms with Crippen molar-refractivity contribution in [1.82, 2.24) is 15.1 Å². The fourth-order valence-corrected chi connectivity index (χ4v) is 4.70. The molecule has 1 unspecified atom stereocenters. The van der Waals surface area contributed by atoms with Crippen molar-refractivity contribution in [3.05, 3.63) is 107 Å². The fourth-order valence-electron chi connectivity index (χ4n) is 4.70. The molecule has 0 radical (unpaired) electrons. The highest BCUT2D eigenvalue weighted by Crippen LogP contribution is 2.29. The number of halogens is 1. The summed E-state index contributed by atoms with van der Waals surface area (Å²) in [5, 5.41) is 12.6. The number of aliphatic hydroxyl groups excluding tert-OH is 1. The molecule has 0 spiro atoms. The van der Waals surface area contributed by atoms with E-state index in [-0.39, 0.29) is 30.4 Å². The largest absolute Gasteiger partial charge is 0.396 e. The van der Waals surface area contributed by atoms with Gasteiger partial charge >= 0.3 is 0 Å². The average molecular weight is 462 g/mol. The Balaban J connectivity index is 1.41. The van der Waals surface area contributed by atoms with Crippen LogP contribution in [-0.4, -0.2) is 59.6 Å². The van der Waals surface area contributed by atoms with Crippen molar-refractivity contribution in [3.63, 3.8) is 0 Å². The van der Waals surface area contributed by atoms with Gasteiger partial charge < -0.3 is 10.4 Å². The number of hydrogen-bond donors (Lipinski definition) is 2. The third kappa shape index (κ3) is 6.08. The zero-order valence-electron chi connectivity index (χ0n) is 19.3. The molecule has 1 atom stereocenters. The normalized spacial score (nSPS) is 15.9. The molecule has 34 heavy (non-hydrogen) atoms. The highest BCUT2D eigenvalue weighted by molar-refractivity contribution is 5.81. The van der Waals surface area contributed by atoms with Gasteiger partial charge in [0, 0.05) is 39.3 Å². The molecule has 1 saturated heterocycles. The summed E-state index contributed by atoms with van der Waals surface area (Å²) < 4.78 is 13.1. The Kier molecular flexibility index (Phi) is 8.41. The zero-order valence-corrected chi connectivity index (χ0v) is 19.3. The monoisotopic (exact) mass is 461 g/mol. The van der Waals surface area contributed by atoms with Crippen molar-refractivity contribution >= 4 is 5.91 Å². The van der Waals surface area contributed by atoms with Crippen LogP contribution in [0.3, 0.4) is 0 Å². The molecule has 6 heteroatoms. The second-order valence-corrected chi connectivity index (χ2v) is 8.67. The number of piperazine rings is 1. The lowest BCUT2D eigenvalue weighted by atomic mass is 9.96. The van der Waals surface area contributed by atoms with Gasteiger partial charge in [-0.25, -0.2) is 4.39 Å². The van der Waals surface area contributed by atoms with Gasteiger partial charge in [-0.3, -0.25) is 14.6 Å². The highest BCUT2D eigenvalue weighted by atomic mass is 19.1. The summed E-state index contributed by atoms with van der Waals surface area (Å²) in [5.41, 5.74) is 3.35. The van der Waals surface area contributed by atoms with E-state index >= 15 is 0 Å². The molecule has 3 aromatic carbocycles. The molecule has 4 rings (SSSR count). The number of amides is 1. The van der Waals surface area contributed by atoms with Gasteiger partial charge in [-0.1, -0.05) is 72.8 Å². The molecule has 1 fully saturated rings. The minimum absolute atomic E-state index is 0.0501. The van der Waals surface area contributed by atoms with Gasteiger partial charge in [0.1, 0.15) is 5.82 Å². The Morgan fingerprint density at radius 2 is 1.35 bits per heavy atom. The molecule has 1 aliphatic heterocycles. The lowest BCUT2D eigenvalue weighted by Crippen LogP contribution is -2.55. The summed E-state index contributed by atoms with van der Waals surface area (Å²) in [5.74, 6) is -0.398. The van der Waals surface area contributed by atoms with Crippen LogP contribution in [0, 0.1) is 5.82 Å². The van der Waals surface area contributed by atoms with E-state index in [0.717, 1.165) is 31.7 Å². The second-order valence-electron chi connectivity index (χ2n) is 8.67. The Bertz CT molecular complexity index is 983. The zero-order chi connectivity index (χ0) is 23.8. The van der Waals surface area contributed by atoms with Crippen LogP contribution in [0.25, 0.3) is 0 Å². The number of aliphatic hydroxyl groups is 1. The first kappa shape index (κ1) is 24.1. The van der Waals surface area contributed by atoms with Crippen LogP contribution in [-0.2, 0) is 11.3 Å². The van der Waals surface area contributed by atoms with E-state index in [4.69, 9.17) is 0 Å². The van der Waals surface area contributed by atoms with Gasteiger partial charge in [-0.05, 0) is 35.2 Å². The highest BCUT2D eigenvalue weighted by Gasteiger charge is 2.31. The number of rotatable bonds is 9. The van der Waals surface area contributed by atoms with E-state index in [2.05, 4.69) is 63.6 Å². The number of nitrogens with one attached hydrogen (secondary N) is 1. The van der Waals surface area contributed by atoms with E-state index in [1.54, 1.807) is 12.1 Å². The minimum atomic E-state index is -0.389. The number of carbonyl (C=O) groups excluding carboxylic acids is 1. The molecule has 0 bridgehead atoms. The second kappa shape index (κ2) is 11.9. The molecule has 1 amide bonds. The molecular formula is C28H32FN3O2. The lowest BCUT2D eigenvalue weighted by Gasteiger charge is -2.42. The Morgan fingerprint density at radius 1 is 0.824 bits per heavy atom. The van der Waals surface area contributed by atoms with Crippen LogP contribution < -0.4 is 5.32 Å². The van der Waals surface area contributed by atoms with Gasteiger partial charge in [0.15, 0.2) is 0 Å². The summed E-state index contributed by atoms with van der Waals surface area (Å²) in [6.45, 7) is 3.41. The van der Waals surface area contributed by atoms with Crippen LogP contribution in [0.2, 0.25) is 0 Å². The van der Waals surface area contributed by atoms with Crippen molar-refractivity contribution < 1.29 is 14.3 Å². The van der Waals surface area contributed by atoms with Crippen molar-refractivity contribution in [2.45, 2.75) is 25.0 Å². The van der Waals surface area contributed by atoms with Crippen molar-refractivity contribution in [3.8, 4) is 0 Å². The summed E-state index contributed by atoms with van der Waals surface area (Å²) in [7, 11) is 0. The quantitative estimate of drug-likeness (QED) is 0.511. The fraction of sp³-hybridized carbons (Fsp3) is 0.321. The van der Waals surface area contributed by atoms with Gasteiger partial charge in [0.2, 0.25) is 5.91 Å². The van der Waals surface area contributed by atoms with Gasteiger partial charge in [-0.15, -0.1) is 0 Å². The van der Waals surface area contributed by atoms with Gasteiger partial charge in [0.25, 0.3) is 0 Å². The Hall–Kier alpha value is -3.06. The predicted octanol–water partition coefficient (Wildman–Crippen LogP) is 3.60. The lowest BCUT2D eigenvalue weighted by molar-refractivity contribution is -0.128. The van der Waals surface area contributed by atoms with Gasteiger partial charge in [-0.2, -0.15) is 0 Å². The Labute approximate surface area is 200 Å². The molecular weight excluding hydrogens is 429 g/mol.